The molecule has 1 unspecified atom stereocenters. The van der Waals surface area contributed by atoms with Crippen LogP contribution in [0.2, 0.25) is 0 Å². The Morgan fingerprint density at radius 3 is 2.93 bits per heavy atom. The summed E-state index contributed by atoms with van der Waals surface area (Å²) in [4.78, 5) is 28.8. The number of aromatic nitrogens is 3. The third kappa shape index (κ3) is 4.79. The van der Waals surface area contributed by atoms with Gasteiger partial charge in [-0.05, 0) is 47.9 Å². The van der Waals surface area contributed by atoms with Gasteiger partial charge in [0.25, 0.3) is 5.56 Å². The van der Waals surface area contributed by atoms with Crippen molar-refractivity contribution in [1.82, 2.24) is 20.1 Å². The number of rotatable bonds is 7. The topological polar surface area (TPSA) is 86.1 Å². The number of pyridine rings is 1. The Kier molecular flexibility index (Phi) is 5.97. The molecule has 0 bridgehead atoms. The van der Waals surface area contributed by atoms with Gasteiger partial charge >= 0.3 is 0 Å². The molecule has 0 aliphatic heterocycles. The molecule has 0 aliphatic carbocycles. The molecule has 3 heterocycles. The van der Waals surface area contributed by atoms with Crippen LogP contribution in [0.3, 0.4) is 0 Å². The molecule has 8 heteroatoms. The van der Waals surface area contributed by atoms with E-state index in [-0.39, 0.29) is 24.1 Å². The van der Waals surface area contributed by atoms with E-state index in [2.05, 4.69) is 15.4 Å². The first-order valence-electron chi connectivity index (χ1n) is 8.41. The van der Waals surface area contributed by atoms with Gasteiger partial charge in [0.2, 0.25) is 11.8 Å². The number of methoxy groups -OCH3 is 1. The second-order valence-corrected chi connectivity index (χ2v) is 6.81. The number of amides is 1. The molecular formula is C19H20N4O3S. The van der Waals surface area contributed by atoms with Crippen molar-refractivity contribution >= 4 is 17.2 Å². The minimum absolute atomic E-state index is 0.150. The molecule has 140 valence electrons. The molecular weight excluding hydrogens is 364 g/mol. The van der Waals surface area contributed by atoms with Gasteiger partial charge < -0.3 is 10.1 Å². The zero-order valence-corrected chi connectivity index (χ0v) is 15.9. The minimum Gasteiger partial charge on any atom is -0.481 e. The van der Waals surface area contributed by atoms with E-state index < -0.39 is 0 Å². The first-order chi connectivity index (χ1) is 13.1. The van der Waals surface area contributed by atoms with Crippen molar-refractivity contribution in [2.24, 2.45) is 0 Å². The van der Waals surface area contributed by atoms with E-state index in [9.17, 15) is 9.59 Å². The van der Waals surface area contributed by atoms with Gasteiger partial charge in [-0.1, -0.05) is 6.07 Å². The maximum Gasteiger partial charge on any atom is 0.267 e. The van der Waals surface area contributed by atoms with E-state index in [1.807, 2.05) is 22.9 Å². The Morgan fingerprint density at radius 2 is 2.19 bits per heavy atom. The predicted molar refractivity (Wildman–Crippen MR) is 103 cm³/mol. The van der Waals surface area contributed by atoms with Crippen LogP contribution >= 0.6 is 11.3 Å². The number of nitrogens with zero attached hydrogens (tertiary/aromatic N) is 3. The first-order valence-corrected chi connectivity index (χ1v) is 9.35. The molecule has 0 fully saturated rings. The highest BCUT2D eigenvalue weighted by Crippen LogP contribution is 2.26. The van der Waals surface area contributed by atoms with Crippen LogP contribution in [0.4, 0.5) is 0 Å². The molecule has 27 heavy (non-hydrogen) atoms. The molecule has 3 aromatic heterocycles. The van der Waals surface area contributed by atoms with Crippen molar-refractivity contribution < 1.29 is 9.53 Å². The average molecular weight is 384 g/mol. The van der Waals surface area contributed by atoms with Gasteiger partial charge in [0, 0.05) is 17.8 Å². The van der Waals surface area contributed by atoms with Crippen molar-refractivity contribution in [3.63, 3.8) is 0 Å². The summed E-state index contributed by atoms with van der Waals surface area (Å²) in [5, 5.41) is 11.1. The molecule has 1 N–H and O–H groups in total. The lowest BCUT2D eigenvalue weighted by Crippen LogP contribution is -2.36. The Bertz CT molecular complexity index is 969. The predicted octanol–water partition coefficient (Wildman–Crippen LogP) is 2.12. The average Bonchev–Trinajstić information content (AvgIpc) is 3.17. The van der Waals surface area contributed by atoms with Crippen LogP contribution in [0.1, 0.15) is 22.9 Å². The summed E-state index contributed by atoms with van der Waals surface area (Å²) in [6, 6.07) is 8.38. The molecule has 0 saturated carbocycles. The van der Waals surface area contributed by atoms with Crippen molar-refractivity contribution in [3.8, 4) is 5.88 Å². The number of hydrogen-bond donors (Lipinski definition) is 1. The molecule has 0 radical (unpaired) electrons. The molecule has 0 spiro atoms. The van der Waals surface area contributed by atoms with E-state index in [0.29, 0.717) is 18.0 Å². The highest BCUT2D eigenvalue weighted by atomic mass is 32.1. The lowest BCUT2D eigenvalue weighted by molar-refractivity contribution is -0.122. The SMILES string of the molecule is COc1ncccc1C(Cc1ccsc1)NC(=O)Cn1nc(C)ccc1=O. The summed E-state index contributed by atoms with van der Waals surface area (Å²) in [5.41, 5.74) is 2.24. The minimum atomic E-state index is -0.337. The van der Waals surface area contributed by atoms with Crippen LogP contribution in [0.25, 0.3) is 0 Å². The van der Waals surface area contributed by atoms with E-state index in [1.54, 1.807) is 43.7 Å². The summed E-state index contributed by atoms with van der Waals surface area (Å²) in [5.74, 6) is 0.158. The number of hydrogen-bond acceptors (Lipinski definition) is 6. The number of ether oxygens (including phenoxy) is 1. The number of thiophene rings is 1. The summed E-state index contributed by atoms with van der Waals surface area (Å²) < 4.78 is 6.51. The maximum atomic E-state index is 12.6. The first kappa shape index (κ1) is 18.8. The van der Waals surface area contributed by atoms with Gasteiger partial charge in [-0.3, -0.25) is 9.59 Å². The summed E-state index contributed by atoms with van der Waals surface area (Å²) in [7, 11) is 1.55. The lowest BCUT2D eigenvalue weighted by Gasteiger charge is -2.20. The quantitative estimate of drug-likeness (QED) is 0.674. The van der Waals surface area contributed by atoms with Crippen LogP contribution in [0, 0.1) is 6.92 Å². The van der Waals surface area contributed by atoms with E-state index in [1.165, 1.54) is 6.07 Å². The third-order valence-corrected chi connectivity index (χ3v) is 4.75. The zero-order chi connectivity index (χ0) is 19.2. The molecule has 0 aromatic carbocycles. The fourth-order valence-electron chi connectivity index (χ4n) is 2.76. The molecule has 3 rings (SSSR count). The molecule has 1 amide bonds. The third-order valence-electron chi connectivity index (χ3n) is 4.02. The van der Waals surface area contributed by atoms with Gasteiger partial charge in [-0.2, -0.15) is 16.4 Å². The Balaban J connectivity index is 1.83. The number of carbonyl (C=O) groups excluding carboxylic acids is 1. The molecule has 0 saturated heterocycles. The van der Waals surface area contributed by atoms with Crippen molar-refractivity contribution in [3.05, 3.63) is 74.5 Å². The number of nitrogens with one attached hydrogen (secondary N) is 1. The van der Waals surface area contributed by atoms with Gasteiger partial charge in [-0.25, -0.2) is 9.67 Å². The van der Waals surface area contributed by atoms with Crippen molar-refractivity contribution in [2.45, 2.75) is 25.9 Å². The Labute approximate surface area is 160 Å². The normalized spacial score (nSPS) is 11.8. The van der Waals surface area contributed by atoms with E-state index >= 15 is 0 Å². The Morgan fingerprint density at radius 1 is 1.33 bits per heavy atom. The number of aryl methyl sites for hydroxylation is 1. The Hall–Kier alpha value is -3.00. The van der Waals surface area contributed by atoms with Crippen molar-refractivity contribution in [2.75, 3.05) is 7.11 Å². The monoisotopic (exact) mass is 384 g/mol. The van der Waals surface area contributed by atoms with Crippen LogP contribution in [-0.2, 0) is 17.8 Å². The second-order valence-electron chi connectivity index (χ2n) is 6.03. The van der Waals surface area contributed by atoms with Crippen LogP contribution in [0.5, 0.6) is 5.88 Å². The molecule has 7 nitrogen and oxygen atoms in total. The van der Waals surface area contributed by atoms with Crippen molar-refractivity contribution in [1.29, 1.82) is 0 Å². The lowest BCUT2D eigenvalue weighted by atomic mass is 10.0. The highest BCUT2D eigenvalue weighted by Gasteiger charge is 2.20. The van der Waals surface area contributed by atoms with E-state index in [4.69, 9.17) is 4.74 Å². The largest absolute Gasteiger partial charge is 0.481 e. The van der Waals surface area contributed by atoms with Crippen LogP contribution in [-0.4, -0.2) is 27.8 Å². The smallest absolute Gasteiger partial charge is 0.267 e. The standard InChI is InChI=1S/C19H20N4O3S/c1-13-5-6-18(25)23(22-13)11-17(24)21-16(10-14-7-9-27-12-14)15-4-3-8-20-19(15)26-2/h3-9,12,16H,10-11H2,1-2H3,(H,21,24). The summed E-state index contributed by atoms with van der Waals surface area (Å²) in [6.07, 6.45) is 2.23. The summed E-state index contributed by atoms with van der Waals surface area (Å²) >= 11 is 1.60. The second kappa shape index (κ2) is 8.59. The molecule has 1 atom stereocenters. The van der Waals surface area contributed by atoms with Crippen LogP contribution < -0.4 is 15.6 Å². The zero-order valence-electron chi connectivity index (χ0n) is 15.1. The van der Waals surface area contributed by atoms with Crippen LogP contribution in [0.15, 0.2) is 52.1 Å². The fourth-order valence-corrected chi connectivity index (χ4v) is 3.44. The number of carbonyl (C=O) groups is 1. The summed E-state index contributed by atoms with van der Waals surface area (Å²) in [6.45, 7) is 1.62. The molecule has 0 aliphatic rings. The van der Waals surface area contributed by atoms with Gasteiger partial charge in [-0.15, -0.1) is 0 Å². The van der Waals surface area contributed by atoms with E-state index in [0.717, 1.165) is 15.8 Å². The fraction of sp³-hybridized carbons (Fsp3) is 0.263. The van der Waals surface area contributed by atoms with Gasteiger partial charge in [0.15, 0.2) is 0 Å². The van der Waals surface area contributed by atoms with Gasteiger partial charge in [0.05, 0.1) is 18.8 Å². The maximum absolute atomic E-state index is 12.6. The highest BCUT2D eigenvalue weighted by molar-refractivity contribution is 7.07. The molecule has 3 aromatic rings. The van der Waals surface area contributed by atoms with Gasteiger partial charge in [0.1, 0.15) is 6.54 Å².